The molecule has 2 rings (SSSR count). The van der Waals surface area contributed by atoms with Crippen LogP contribution in [0, 0.1) is 5.82 Å². The van der Waals surface area contributed by atoms with Gasteiger partial charge in [-0.2, -0.15) is 4.31 Å². The maximum Gasteiger partial charge on any atom is 0.322 e. The highest BCUT2D eigenvalue weighted by Crippen LogP contribution is 2.21. The van der Waals surface area contributed by atoms with Crippen LogP contribution < -0.4 is 0 Å². The van der Waals surface area contributed by atoms with E-state index in [9.17, 15) is 22.7 Å². The minimum atomic E-state index is -4.01. The number of carboxylic acids is 1. The molecule has 0 saturated carbocycles. The maximum absolute atomic E-state index is 13.0. The number of sulfonamides is 1. The van der Waals surface area contributed by atoms with Gasteiger partial charge in [0.15, 0.2) is 0 Å². The van der Waals surface area contributed by atoms with Crippen molar-refractivity contribution >= 4 is 27.6 Å². The van der Waals surface area contributed by atoms with E-state index in [4.69, 9.17) is 11.6 Å². The summed E-state index contributed by atoms with van der Waals surface area (Å²) in [7, 11) is -2.81. The average Bonchev–Trinajstić information content (AvgIpc) is 2.53. The van der Waals surface area contributed by atoms with E-state index in [1.807, 2.05) is 0 Å². The number of hydrogen-bond acceptors (Lipinski definition) is 3. The minimum Gasteiger partial charge on any atom is -0.480 e. The molecule has 8 heteroatoms. The fourth-order valence-electron chi connectivity index (χ4n) is 2.16. The molecule has 1 N–H and O–H groups in total. The summed E-state index contributed by atoms with van der Waals surface area (Å²) in [5, 5.41) is 9.79. The van der Waals surface area contributed by atoms with Gasteiger partial charge >= 0.3 is 5.97 Å². The van der Waals surface area contributed by atoms with Crippen molar-refractivity contribution in [3.05, 3.63) is 64.9 Å². The minimum absolute atomic E-state index is 0.0558. The van der Waals surface area contributed by atoms with Crippen LogP contribution in [-0.2, 0) is 21.2 Å². The first-order valence-corrected chi connectivity index (χ1v) is 8.74. The summed E-state index contributed by atoms with van der Waals surface area (Å²) < 4.78 is 38.9. The maximum atomic E-state index is 13.0. The largest absolute Gasteiger partial charge is 0.480 e. The number of hydrogen-bond donors (Lipinski definition) is 1. The molecular weight excluding hydrogens is 357 g/mol. The molecule has 128 valence electrons. The van der Waals surface area contributed by atoms with Gasteiger partial charge in [-0.1, -0.05) is 23.7 Å². The fourth-order valence-corrected chi connectivity index (χ4v) is 3.59. The Morgan fingerprint density at radius 2 is 1.71 bits per heavy atom. The molecule has 24 heavy (non-hydrogen) atoms. The van der Waals surface area contributed by atoms with Gasteiger partial charge in [-0.15, -0.1) is 0 Å². The molecule has 5 nitrogen and oxygen atoms in total. The molecular formula is C16H15ClFNO4S. The number of likely N-dealkylation sites (N-methyl/N-ethyl adjacent to an activating group) is 1. The molecule has 0 saturated heterocycles. The number of rotatable bonds is 6. The molecule has 0 aliphatic carbocycles. The summed E-state index contributed by atoms with van der Waals surface area (Å²) in [6, 6.07) is 9.37. The van der Waals surface area contributed by atoms with Crippen molar-refractivity contribution in [3.63, 3.8) is 0 Å². The smallest absolute Gasteiger partial charge is 0.322 e. The number of benzene rings is 2. The van der Waals surface area contributed by atoms with Gasteiger partial charge in [-0.25, -0.2) is 12.8 Å². The molecule has 0 heterocycles. The molecule has 2 aromatic rings. The van der Waals surface area contributed by atoms with Gasteiger partial charge in [0.1, 0.15) is 11.9 Å². The van der Waals surface area contributed by atoms with Crippen LogP contribution in [0.3, 0.4) is 0 Å². The molecule has 0 aromatic heterocycles. The van der Waals surface area contributed by atoms with E-state index in [0.717, 1.165) is 4.31 Å². The van der Waals surface area contributed by atoms with Crippen LogP contribution in [0.2, 0.25) is 5.02 Å². The Labute approximate surface area is 144 Å². The number of aliphatic carboxylic acids is 1. The lowest BCUT2D eigenvalue weighted by molar-refractivity contribution is -0.141. The predicted molar refractivity (Wildman–Crippen MR) is 87.9 cm³/mol. The average molecular weight is 372 g/mol. The normalized spacial score (nSPS) is 13.0. The molecule has 0 fully saturated rings. The summed E-state index contributed by atoms with van der Waals surface area (Å²) in [5.41, 5.74) is 0.516. The first kappa shape index (κ1) is 18.4. The van der Waals surface area contributed by atoms with Gasteiger partial charge in [-0.3, -0.25) is 4.79 Å². The molecule has 0 aliphatic heterocycles. The molecule has 0 amide bonds. The standard InChI is InChI=1S/C16H15ClFNO4S/c1-19(24(22,23)14-8-4-12(17)5-9-14)15(16(20)21)10-11-2-6-13(18)7-3-11/h2-9,15H,10H2,1H3,(H,20,21)/t15-/m1/s1. The highest BCUT2D eigenvalue weighted by atomic mass is 35.5. The summed E-state index contributed by atoms with van der Waals surface area (Å²) >= 11 is 5.74. The first-order chi connectivity index (χ1) is 11.2. The van der Waals surface area contributed by atoms with Crippen molar-refractivity contribution in [2.24, 2.45) is 0 Å². The summed E-state index contributed by atoms with van der Waals surface area (Å²) in [5.74, 6) is -1.74. The highest BCUT2D eigenvalue weighted by Gasteiger charge is 2.32. The molecule has 0 spiro atoms. The van der Waals surface area contributed by atoms with Gasteiger partial charge < -0.3 is 5.11 Å². The van der Waals surface area contributed by atoms with Crippen LogP contribution in [0.15, 0.2) is 53.4 Å². The van der Waals surface area contributed by atoms with Gasteiger partial charge in [0.05, 0.1) is 4.90 Å². The van der Waals surface area contributed by atoms with Gasteiger partial charge in [0, 0.05) is 12.1 Å². The third kappa shape index (κ3) is 4.11. The van der Waals surface area contributed by atoms with Gasteiger partial charge in [0.2, 0.25) is 10.0 Å². The first-order valence-electron chi connectivity index (χ1n) is 6.92. The van der Waals surface area contributed by atoms with E-state index in [1.165, 1.54) is 55.6 Å². The molecule has 1 atom stereocenters. The lowest BCUT2D eigenvalue weighted by Crippen LogP contribution is -2.43. The lowest BCUT2D eigenvalue weighted by Gasteiger charge is -2.24. The van der Waals surface area contributed by atoms with E-state index in [1.54, 1.807) is 0 Å². The van der Waals surface area contributed by atoms with Crippen LogP contribution in [0.25, 0.3) is 0 Å². The highest BCUT2D eigenvalue weighted by molar-refractivity contribution is 7.89. The second-order valence-corrected chi connectivity index (χ2v) is 7.59. The second-order valence-electron chi connectivity index (χ2n) is 5.16. The number of carbonyl (C=O) groups is 1. The number of carboxylic acid groups (broad SMARTS) is 1. The predicted octanol–water partition coefficient (Wildman–Crippen LogP) is 2.80. The van der Waals surface area contributed by atoms with Crippen LogP contribution in [0.1, 0.15) is 5.56 Å². The molecule has 0 unspecified atom stereocenters. The third-order valence-corrected chi connectivity index (χ3v) is 5.69. The van der Waals surface area contributed by atoms with Crippen molar-refractivity contribution in [2.45, 2.75) is 17.4 Å². The van der Waals surface area contributed by atoms with Crippen LogP contribution in [0.4, 0.5) is 4.39 Å². The van der Waals surface area contributed by atoms with Gasteiger partial charge in [-0.05, 0) is 48.4 Å². The fraction of sp³-hybridized carbons (Fsp3) is 0.188. The van der Waals surface area contributed by atoms with Crippen molar-refractivity contribution in [2.75, 3.05) is 7.05 Å². The van der Waals surface area contributed by atoms with Crippen LogP contribution >= 0.6 is 11.6 Å². The summed E-state index contributed by atoms with van der Waals surface area (Å²) in [6.07, 6.45) is -0.0844. The Morgan fingerprint density at radius 3 is 2.21 bits per heavy atom. The van der Waals surface area contributed by atoms with Crippen molar-refractivity contribution < 1.29 is 22.7 Å². The zero-order valence-corrected chi connectivity index (χ0v) is 14.3. The Morgan fingerprint density at radius 1 is 1.17 bits per heavy atom. The van der Waals surface area contributed by atoms with Crippen LogP contribution in [0.5, 0.6) is 0 Å². The Kier molecular flexibility index (Phi) is 5.58. The Hall–Kier alpha value is -1.96. The zero-order valence-electron chi connectivity index (χ0n) is 12.7. The molecule has 0 aliphatic rings. The van der Waals surface area contributed by atoms with Crippen LogP contribution in [-0.4, -0.2) is 36.9 Å². The van der Waals surface area contributed by atoms with Crippen molar-refractivity contribution in [1.29, 1.82) is 0 Å². The summed E-state index contributed by atoms with van der Waals surface area (Å²) in [6.45, 7) is 0. The van der Waals surface area contributed by atoms with E-state index < -0.39 is 27.9 Å². The van der Waals surface area contributed by atoms with Crippen molar-refractivity contribution in [1.82, 2.24) is 4.31 Å². The molecule has 2 aromatic carbocycles. The number of halogens is 2. The van der Waals surface area contributed by atoms with Crippen molar-refractivity contribution in [3.8, 4) is 0 Å². The lowest BCUT2D eigenvalue weighted by atomic mass is 10.1. The summed E-state index contributed by atoms with van der Waals surface area (Å²) in [4.78, 5) is 11.5. The van der Waals surface area contributed by atoms with Gasteiger partial charge in [0.25, 0.3) is 0 Å². The quantitative estimate of drug-likeness (QED) is 0.847. The zero-order chi connectivity index (χ0) is 17.9. The van der Waals surface area contributed by atoms with E-state index in [0.29, 0.717) is 10.6 Å². The topological polar surface area (TPSA) is 74.7 Å². The SMILES string of the molecule is CN([C@H](Cc1ccc(F)cc1)C(=O)O)S(=O)(=O)c1ccc(Cl)cc1. The monoisotopic (exact) mass is 371 g/mol. The molecule has 0 radical (unpaired) electrons. The molecule has 0 bridgehead atoms. The van der Waals surface area contributed by atoms with E-state index in [2.05, 4.69) is 0 Å². The van der Waals surface area contributed by atoms with E-state index >= 15 is 0 Å². The Balaban J connectivity index is 2.31. The number of nitrogens with zero attached hydrogens (tertiary/aromatic N) is 1. The second kappa shape index (κ2) is 7.29. The third-order valence-electron chi connectivity index (χ3n) is 3.56. The Bertz CT molecular complexity index is 822. The van der Waals surface area contributed by atoms with E-state index in [-0.39, 0.29) is 11.3 Å².